The second-order valence-corrected chi connectivity index (χ2v) is 7.33. The van der Waals surface area contributed by atoms with Gasteiger partial charge in [0.05, 0.1) is 16.2 Å². The molecule has 1 aromatic carbocycles. The van der Waals surface area contributed by atoms with Crippen LogP contribution >= 0.6 is 0 Å². The van der Waals surface area contributed by atoms with Gasteiger partial charge < -0.3 is 10.8 Å². The van der Waals surface area contributed by atoms with Gasteiger partial charge in [0.15, 0.2) is 0 Å². The number of rotatable bonds is 4. The summed E-state index contributed by atoms with van der Waals surface area (Å²) < 4.78 is 39.4. The van der Waals surface area contributed by atoms with E-state index in [4.69, 9.17) is 5.73 Å². The van der Waals surface area contributed by atoms with Gasteiger partial charge in [-0.05, 0) is 31.0 Å². The molecule has 0 saturated carbocycles. The lowest BCUT2D eigenvalue weighted by molar-refractivity contribution is -0.0653. The molecule has 1 aromatic rings. The predicted molar refractivity (Wildman–Crippen MR) is 74.2 cm³/mol. The zero-order valence-electron chi connectivity index (χ0n) is 11.6. The van der Waals surface area contributed by atoms with E-state index in [2.05, 4.69) is 0 Å². The second-order valence-electron chi connectivity index (χ2n) is 5.39. The summed E-state index contributed by atoms with van der Waals surface area (Å²) in [5.74, 6) is -0.602. The Morgan fingerprint density at radius 1 is 1.45 bits per heavy atom. The van der Waals surface area contributed by atoms with Crippen molar-refractivity contribution < 1.29 is 17.9 Å². The van der Waals surface area contributed by atoms with E-state index >= 15 is 0 Å². The fourth-order valence-corrected chi connectivity index (χ4v) is 4.18. The third kappa shape index (κ3) is 2.53. The van der Waals surface area contributed by atoms with Gasteiger partial charge in [0.1, 0.15) is 5.82 Å². The molecule has 5 nitrogen and oxygen atoms in total. The minimum absolute atomic E-state index is 0.0348. The van der Waals surface area contributed by atoms with Crippen molar-refractivity contribution in [1.29, 1.82) is 0 Å². The Bertz CT molecular complexity index is 601. The lowest BCUT2D eigenvalue weighted by atomic mass is 9.92. The molecule has 0 spiro atoms. The highest BCUT2D eigenvalue weighted by Gasteiger charge is 2.46. The summed E-state index contributed by atoms with van der Waals surface area (Å²) in [5, 5.41) is 10.1. The summed E-state index contributed by atoms with van der Waals surface area (Å²) in [4.78, 5) is -0.0348. The number of benzene rings is 1. The largest absolute Gasteiger partial charge is 0.396 e. The third-order valence-electron chi connectivity index (χ3n) is 3.55. The molecule has 0 amide bonds. The minimum Gasteiger partial charge on any atom is -0.396 e. The number of sulfonamides is 1. The van der Waals surface area contributed by atoms with E-state index in [1.54, 1.807) is 0 Å². The standard InChI is InChI=1S/C13H19FN2O3S/c1-3-4-13(17)7-16(8-13)20(18,19)10-5-9(2)12(14)11(15)6-10/h5-6,17H,3-4,7-8,15H2,1-2H3. The Kier molecular flexibility index (Phi) is 3.79. The molecule has 0 radical (unpaired) electrons. The number of nitrogens with two attached hydrogens (primary N) is 1. The number of hydrogen-bond acceptors (Lipinski definition) is 4. The van der Waals surface area contributed by atoms with Gasteiger partial charge in [-0.25, -0.2) is 12.8 Å². The van der Waals surface area contributed by atoms with Crippen molar-refractivity contribution in [2.24, 2.45) is 0 Å². The Morgan fingerprint density at radius 3 is 2.55 bits per heavy atom. The summed E-state index contributed by atoms with van der Waals surface area (Å²) in [6.07, 6.45) is 1.34. The number of nitrogen functional groups attached to an aromatic ring is 1. The summed E-state index contributed by atoms with van der Waals surface area (Å²) in [6.45, 7) is 3.53. The van der Waals surface area contributed by atoms with Gasteiger partial charge in [-0.15, -0.1) is 0 Å². The molecule has 0 unspecified atom stereocenters. The third-order valence-corrected chi connectivity index (χ3v) is 5.32. The van der Waals surface area contributed by atoms with E-state index in [-0.39, 0.29) is 29.2 Å². The second kappa shape index (κ2) is 4.98. The Balaban J connectivity index is 2.25. The summed E-state index contributed by atoms with van der Waals surface area (Å²) in [7, 11) is -3.73. The van der Waals surface area contributed by atoms with Crippen LogP contribution in [-0.4, -0.2) is 36.5 Å². The lowest BCUT2D eigenvalue weighted by Gasteiger charge is -2.45. The van der Waals surface area contributed by atoms with Crippen molar-refractivity contribution in [2.75, 3.05) is 18.8 Å². The molecule has 1 aliphatic heterocycles. The van der Waals surface area contributed by atoms with E-state index < -0.39 is 21.4 Å². The molecule has 1 saturated heterocycles. The Labute approximate surface area is 118 Å². The molecule has 0 aliphatic carbocycles. The number of β-amino-alcohol motifs (C(OH)–C–C–N with tert-alkyl or cyclic N) is 1. The molecule has 1 aliphatic rings. The molecule has 2 rings (SSSR count). The van der Waals surface area contributed by atoms with Crippen molar-refractivity contribution in [3.63, 3.8) is 0 Å². The Morgan fingerprint density at radius 2 is 2.05 bits per heavy atom. The van der Waals surface area contributed by atoms with Crippen LogP contribution in [0.3, 0.4) is 0 Å². The fourth-order valence-electron chi connectivity index (χ4n) is 2.46. The maximum Gasteiger partial charge on any atom is 0.243 e. The van der Waals surface area contributed by atoms with Crippen molar-refractivity contribution in [2.45, 2.75) is 37.2 Å². The number of hydrogen-bond donors (Lipinski definition) is 2. The number of halogens is 1. The minimum atomic E-state index is -3.73. The van der Waals surface area contributed by atoms with Gasteiger partial charge in [0, 0.05) is 13.1 Å². The monoisotopic (exact) mass is 302 g/mol. The normalized spacial score (nSPS) is 18.8. The molecule has 0 atom stereocenters. The zero-order chi connectivity index (χ0) is 15.1. The highest BCUT2D eigenvalue weighted by molar-refractivity contribution is 7.89. The molecule has 0 bridgehead atoms. The maximum atomic E-state index is 13.4. The van der Waals surface area contributed by atoms with Crippen LogP contribution in [0.15, 0.2) is 17.0 Å². The van der Waals surface area contributed by atoms with Crippen molar-refractivity contribution in [3.05, 3.63) is 23.5 Å². The Hall–Kier alpha value is -1.18. The van der Waals surface area contributed by atoms with Crippen LogP contribution in [-0.2, 0) is 10.0 Å². The van der Waals surface area contributed by atoms with Crippen molar-refractivity contribution in [3.8, 4) is 0 Å². The first-order valence-corrected chi connectivity index (χ1v) is 7.92. The lowest BCUT2D eigenvalue weighted by Crippen LogP contribution is -2.63. The number of aryl methyl sites for hydroxylation is 1. The average Bonchev–Trinajstić information content (AvgIpc) is 2.32. The van der Waals surface area contributed by atoms with Crippen molar-refractivity contribution >= 4 is 15.7 Å². The van der Waals surface area contributed by atoms with Gasteiger partial charge in [-0.2, -0.15) is 4.31 Å². The first kappa shape index (κ1) is 15.2. The van der Waals surface area contributed by atoms with Crippen molar-refractivity contribution in [1.82, 2.24) is 4.31 Å². The zero-order valence-corrected chi connectivity index (χ0v) is 12.4. The quantitative estimate of drug-likeness (QED) is 0.820. The van der Waals surface area contributed by atoms with Gasteiger partial charge in [-0.3, -0.25) is 0 Å². The van der Waals surface area contributed by atoms with Gasteiger partial charge >= 0.3 is 0 Å². The van der Waals surface area contributed by atoms with Gasteiger partial charge in [0.2, 0.25) is 10.0 Å². The average molecular weight is 302 g/mol. The smallest absolute Gasteiger partial charge is 0.243 e. The van der Waals surface area contributed by atoms with Gasteiger partial charge in [-0.1, -0.05) is 13.3 Å². The first-order chi connectivity index (χ1) is 9.19. The molecule has 7 heteroatoms. The van der Waals surface area contributed by atoms with Crippen LogP contribution in [0.1, 0.15) is 25.3 Å². The van der Waals surface area contributed by atoms with Crippen LogP contribution < -0.4 is 5.73 Å². The predicted octanol–water partition coefficient (Wildman–Crippen LogP) is 1.25. The molecule has 1 fully saturated rings. The van der Waals surface area contributed by atoms with Crippen LogP contribution in [0.4, 0.5) is 10.1 Å². The van der Waals surface area contributed by atoms with Crippen LogP contribution in [0, 0.1) is 12.7 Å². The van der Waals surface area contributed by atoms with E-state index in [1.807, 2.05) is 6.92 Å². The van der Waals surface area contributed by atoms with E-state index in [9.17, 15) is 17.9 Å². The highest BCUT2D eigenvalue weighted by Crippen LogP contribution is 2.32. The molecular formula is C13H19FN2O3S. The molecule has 1 heterocycles. The summed E-state index contributed by atoms with van der Waals surface area (Å²) in [5.41, 5.74) is 4.53. The topological polar surface area (TPSA) is 83.6 Å². The van der Waals surface area contributed by atoms with E-state index in [0.29, 0.717) is 6.42 Å². The van der Waals surface area contributed by atoms with Crippen LogP contribution in [0.2, 0.25) is 0 Å². The fraction of sp³-hybridized carbons (Fsp3) is 0.538. The number of aliphatic hydroxyl groups is 1. The molecule has 112 valence electrons. The molecule has 0 aromatic heterocycles. The molecule has 3 N–H and O–H groups in total. The van der Waals surface area contributed by atoms with Crippen LogP contribution in [0.5, 0.6) is 0 Å². The van der Waals surface area contributed by atoms with E-state index in [0.717, 1.165) is 12.5 Å². The summed E-state index contributed by atoms with van der Waals surface area (Å²) in [6, 6.07) is 2.38. The molecular weight excluding hydrogens is 283 g/mol. The first-order valence-electron chi connectivity index (χ1n) is 6.48. The number of anilines is 1. The van der Waals surface area contributed by atoms with Gasteiger partial charge in [0.25, 0.3) is 0 Å². The maximum absolute atomic E-state index is 13.4. The number of nitrogens with zero attached hydrogens (tertiary/aromatic N) is 1. The molecule has 20 heavy (non-hydrogen) atoms. The van der Waals surface area contributed by atoms with E-state index in [1.165, 1.54) is 17.3 Å². The van der Waals surface area contributed by atoms with Crippen LogP contribution in [0.25, 0.3) is 0 Å². The summed E-state index contributed by atoms with van der Waals surface area (Å²) >= 11 is 0. The SMILES string of the molecule is CCCC1(O)CN(S(=O)(=O)c2cc(C)c(F)c(N)c2)C1. The highest BCUT2D eigenvalue weighted by atomic mass is 32.2.